The zero-order valence-electron chi connectivity index (χ0n) is 18.3. The molecule has 1 heterocycles. The standard InChI is InChI=1S/C24H38O4/c1-6-7-8-9-13-22(2,3)19-11-10-18-16-24(17-25,14-12-21(26)27)23(4,5)28-20(18)15-19/h10-11,15,25H,6-9,12-14,16-17H2,1-5H3,(H,26,27)/t24-/m1/s1. The Bertz CT molecular complexity index is 677. The third-order valence-electron chi connectivity index (χ3n) is 6.80. The monoisotopic (exact) mass is 390 g/mol. The molecular formula is C24H38O4. The molecule has 1 aromatic rings. The molecule has 4 heteroatoms. The Morgan fingerprint density at radius 3 is 2.54 bits per heavy atom. The number of hydrogen-bond donors (Lipinski definition) is 2. The van der Waals surface area contributed by atoms with Crippen LogP contribution in [0.3, 0.4) is 0 Å². The summed E-state index contributed by atoms with van der Waals surface area (Å²) in [6.45, 7) is 10.7. The van der Waals surface area contributed by atoms with Gasteiger partial charge in [0.25, 0.3) is 0 Å². The van der Waals surface area contributed by atoms with Crippen molar-refractivity contribution >= 4 is 5.97 Å². The maximum atomic E-state index is 11.1. The second-order valence-corrected chi connectivity index (χ2v) is 9.64. The summed E-state index contributed by atoms with van der Waals surface area (Å²) in [5.41, 5.74) is 1.21. The highest BCUT2D eigenvalue weighted by molar-refractivity contribution is 5.66. The maximum Gasteiger partial charge on any atom is 0.303 e. The molecule has 0 bridgehead atoms. The first-order chi connectivity index (χ1) is 13.1. The first-order valence-corrected chi connectivity index (χ1v) is 10.7. The van der Waals surface area contributed by atoms with Gasteiger partial charge in [0.1, 0.15) is 11.4 Å². The highest BCUT2D eigenvalue weighted by atomic mass is 16.5. The van der Waals surface area contributed by atoms with Gasteiger partial charge in [-0.3, -0.25) is 4.79 Å². The zero-order chi connectivity index (χ0) is 21.0. The van der Waals surface area contributed by atoms with Crippen LogP contribution >= 0.6 is 0 Å². The number of carboxylic acids is 1. The number of aliphatic carboxylic acids is 1. The number of benzene rings is 1. The summed E-state index contributed by atoms with van der Waals surface area (Å²) in [6.07, 6.45) is 7.25. The molecule has 1 aromatic carbocycles. The molecule has 0 amide bonds. The van der Waals surface area contributed by atoms with E-state index in [-0.39, 0.29) is 18.4 Å². The fraction of sp³-hybridized carbons (Fsp3) is 0.708. The topological polar surface area (TPSA) is 66.8 Å². The van der Waals surface area contributed by atoms with Gasteiger partial charge in [0.15, 0.2) is 0 Å². The van der Waals surface area contributed by atoms with Crippen molar-refractivity contribution in [1.29, 1.82) is 0 Å². The number of aliphatic hydroxyl groups excluding tert-OH is 1. The lowest BCUT2D eigenvalue weighted by Gasteiger charge is -2.49. The molecule has 1 aliphatic rings. The van der Waals surface area contributed by atoms with Crippen molar-refractivity contribution < 1.29 is 19.7 Å². The fourth-order valence-electron chi connectivity index (χ4n) is 4.38. The molecular weight excluding hydrogens is 352 g/mol. The van der Waals surface area contributed by atoms with E-state index in [1.54, 1.807) is 0 Å². The van der Waals surface area contributed by atoms with E-state index in [0.29, 0.717) is 12.8 Å². The highest BCUT2D eigenvalue weighted by Gasteiger charge is 2.50. The Labute approximate surface area is 170 Å². The number of fused-ring (bicyclic) bond motifs is 1. The lowest BCUT2D eigenvalue weighted by atomic mass is 9.65. The van der Waals surface area contributed by atoms with Crippen LogP contribution in [0.25, 0.3) is 0 Å². The van der Waals surface area contributed by atoms with Crippen LogP contribution in [-0.2, 0) is 16.6 Å². The molecule has 0 radical (unpaired) electrons. The van der Waals surface area contributed by atoms with E-state index in [4.69, 9.17) is 9.84 Å². The van der Waals surface area contributed by atoms with Crippen LogP contribution in [0.5, 0.6) is 5.75 Å². The van der Waals surface area contributed by atoms with Crippen molar-refractivity contribution in [1.82, 2.24) is 0 Å². The predicted molar refractivity (Wildman–Crippen MR) is 113 cm³/mol. The Morgan fingerprint density at radius 2 is 1.93 bits per heavy atom. The van der Waals surface area contributed by atoms with Gasteiger partial charge in [0, 0.05) is 11.8 Å². The highest BCUT2D eigenvalue weighted by Crippen LogP contribution is 2.48. The lowest BCUT2D eigenvalue weighted by molar-refractivity contribution is -0.140. The predicted octanol–water partition coefficient (Wildman–Crippen LogP) is 5.49. The Morgan fingerprint density at radius 1 is 1.21 bits per heavy atom. The third kappa shape index (κ3) is 4.89. The number of aliphatic hydroxyl groups is 1. The number of unbranched alkanes of at least 4 members (excludes halogenated alkanes) is 3. The second-order valence-electron chi connectivity index (χ2n) is 9.64. The van der Waals surface area contributed by atoms with Crippen molar-refractivity contribution in [2.24, 2.45) is 5.41 Å². The molecule has 0 fully saturated rings. The van der Waals surface area contributed by atoms with Gasteiger partial charge in [-0.15, -0.1) is 0 Å². The smallest absolute Gasteiger partial charge is 0.303 e. The first kappa shape index (κ1) is 22.7. The molecule has 2 rings (SSSR count). The summed E-state index contributed by atoms with van der Waals surface area (Å²) in [5, 5.41) is 19.3. The largest absolute Gasteiger partial charge is 0.487 e. The average Bonchev–Trinajstić information content (AvgIpc) is 2.62. The summed E-state index contributed by atoms with van der Waals surface area (Å²) >= 11 is 0. The van der Waals surface area contributed by atoms with Crippen molar-refractivity contribution in [3.8, 4) is 5.75 Å². The minimum absolute atomic E-state index is 0.0333. The van der Waals surface area contributed by atoms with Gasteiger partial charge < -0.3 is 14.9 Å². The Balaban J connectivity index is 2.24. The molecule has 0 unspecified atom stereocenters. The fourth-order valence-corrected chi connectivity index (χ4v) is 4.38. The van der Waals surface area contributed by atoms with E-state index in [2.05, 4.69) is 39.0 Å². The molecule has 4 nitrogen and oxygen atoms in total. The quantitative estimate of drug-likeness (QED) is 0.518. The van der Waals surface area contributed by atoms with E-state index >= 15 is 0 Å². The third-order valence-corrected chi connectivity index (χ3v) is 6.80. The SMILES string of the molecule is CCCCCCC(C)(C)c1ccc2c(c1)OC(C)(C)[C@](CO)(CCC(=O)O)C2. The molecule has 28 heavy (non-hydrogen) atoms. The molecule has 1 atom stereocenters. The number of carbonyl (C=O) groups is 1. The number of rotatable bonds is 10. The second kappa shape index (κ2) is 8.86. The minimum atomic E-state index is -0.838. The van der Waals surface area contributed by atoms with Gasteiger partial charge >= 0.3 is 5.97 Å². The van der Waals surface area contributed by atoms with Crippen molar-refractivity contribution in [2.45, 2.75) is 97.0 Å². The lowest BCUT2D eigenvalue weighted by Crippen LogP contribution is -2.54. The van der Waals surface area contributed by atoms with Crippen LogP contribution in [0.1, 0.15) is 90.7 Å². The number of carboxylic acid groups (broad SMARTS) is 1. The summed E-state index contributed by atoms with van der Waals surface area (Å²) in [5.74, 6) is 0.0399. The molecule has 0 saturated heterocycles. The molecule has 0 aliphatic carbocycles. The van der Waals surface area contributed by atoms with Crippen LogP contribution in [0.2, 0.25) is 0 Å². The summed E-state index contributed by atoms with van der Waals surface area (Å²) < 4.78 is 6.38. The summed E-state index contributed by atoms with van der Waals surface area (Å²) in [4.78, 5) is 11.1. The van der Waals surface area contributed by atoms with Crippen LogP contribution in [0.4, 0.5) is 0 Å². The summed E-state index contributed by atoms with van der Waals surface area (Å²) in [7, 11) is 0. The molecule has 1 aliphatic heterocycles. The Hall–Kier alpha value is -1.55. The number of ether oxygens (including phenoxy) is 1. The zero-order valence-corrected chi connectivity index (χ0v) is 18.3. The molecule has 0 spiro atoms. The van der Waals surface area contributed by atoms with E-state index < -0.39 is 17.0 Å². The van der Waals surface area contributed by atoms with E-state index in [1.807, 2.05) is 13.8 Å². The Kier molecular flexibility index (Phi) is 7.19. The van der Waals surface area contributed by atoms with Gasteiger partial charge in [-0.25, -0.2) is 0 Å². The van der Waals surface area contributed by atoms with Crippen molar-refractivity contribution in [3.63, 3.8) is 0 Å². The molecule has 0 saturated carbocycles. The van der Waals surface area contributed by atoms with Crippen LogP contribution in [0, 0.1) is 5.41 Å². The van der Waals surface area contributed by atoms with E-state index in [1.165, 1.54) is 31.2 Å². The minimum Gasteiger partial charge on any atom is -0.487 e. The van der Waals surface area contributed by atoms with Crippen LogP contribution in [-0.4, -0.2) is 28.4 Å². The number of hydrogen-bond acceptors (Lipinski definition) is 3. The molecule has 0 aromatic heterocycles. The van der Waals surface area contributed by atoms with Crippen molar-refractivity contribution in [2.75, 3.05) is 6.61 Å². The van der Waals surface area contributed by atoms with Gasteiger partial charge in [-0.2, -0.15) is 0 Å². The van der Waals surface area contributed by atoms with Crippen molar-refractivity contribution in [3.05, 3.63) is 29.3 Å². The first-order valence-electron chi connectivity index (χ1n) is 10.7. The van der Waals surface area contributed by atoms with Gasteiger partial charge in [-0.1, -0.05) is 58.6 Å². The van der Waals surface area contributed by atoms with Gasteiger partial charge in [0.2, 0.25) is 0 Å². The summed E-state index contributed by atoms with van der Waals surface area (Å²) in [6, 6.07) is 6.45. The normalized spacial score (nSPS) is 21.1. The van der Waals surface area contributed by atoms with E-state index in [0.717, 1.165) is 17.7 Å². The molecule has 2 N–H and O–H groups in total. The van der Waals surface area contributed by atoms with Crippen LogP contribution in [0.15, 0.2) is 18.2 Å². The van der Waals surface area contributed by atoms with Crippen LogP contribution < -0.4 is 4.74 Å². The van der Waals surface area contributed by atoms with Gasteiger partial charge in [0.05, 0.1) is 6.61 Å². The molecule has 158 valence electrons. The average molecular weight is 391 g/mol. The maximum absolute atomic E-state index is 11.1. The van der Waals surface area contributed by atoms with Gasteiger partial charge in [-0.05, 0) is 55.7 Å². The van der Waals surface area contributed by atoms with E-state index in [9.17, 15) is 9.90 Å².